The lowest BCUT2D eigenvalue weighted by Crippen LogP contribution is -2.42. The number of nitrogens with one attached hydrogen (secondary N) is 1. The van der Waals surface area contributed by atoms with Gasteiger partial charge in [-0.25, -0.2) is 0 Å². The molecule has 2 atom stereocenters. The summed E-state index contributed by atoms with van der Waals surface area (Å²) in [5, 5.41) is 13.6. The summed E-state index contributed by atoms with van der Waals surface area (Å²) < 4.78 is 11.4. The lowest BCUT2D eigenvalue weighted by atomic mass is 9.94. The van der Waals surface area contributed by atoms with Crippen molar-refractivity contribution in [2.24, 2.45) is 17.6 Å². The van der Waals surface area contributed by atoms with E-state index in [2.05, 4.69) is 25.1 Å². The minimum absolute atomic E-state index is 0.0142. The molecular formula is C54H62Cl2N6O5. The topological polar surface area (TPSA) is 143 Å². The van der Waals surface area contributed by atoms with Crippen LogP contribution in [0.25, 0.3) is 0 Å². The number of nitrogens with zero attached hydrogens (tertiary/aromatic N) is 4. The summed E-state index contributed by atoms with van der Waals surface area (Å²) in [6.07, 6.45) is 8.72. The Morgan fingerprint density at radius 3 is 1.48 bits per heavy atom. The van der Waals surface area contributed by atoms with Crippen molar-refractivity contribution >= 4 is 35.1 Å². The molecule has 13 heteroatoms. The Balaban J connectivity index is 0.000000183. The number of halogens is 2. The van der Waals surface area contributed by atoms with Crippen molar-refractivity contribution in [3.63, 3.8) is 0 Å². The van der Waals surface area contributed by atoms with E-state index >= 15 is 0 Å². The molecule has 0 bridgehead atoms. The van der Waals surface area contributed by atoms with Crippen molar-refractivity contribution in [2.75, 3.05) is 52.5 Å². The number of nitrogens with two attached hydrogens (primary N) is 1. The number of aliphatic carboxylic acids is 1. The molecule has 8 rings (SSSR count). The number of pyridine rings is 2. The highest BCUT2D eigenvalue weighted by molar-refractivity contribution is 6.30. The van der Waals surface area contributed by atoms with Crippen molar-refractivity contribution in [3.8, 4) is 11.5 Å². The van der Waals surface area contributed by atoms with Gasteiger partial charge in [-0.05, 0) is 149 Å². The quantitative estimate of drug-likeness (QED) is 0.0757. The van der Waals surface area contributed by atoms with Gasteiger partial charge in [0.2, 0.25) is 5.91 Å². The number of amides is 1. The summed E-state index contributed by atoms with van der Waals surface area (Å²) in [6.45, 7) is 7.03. The highest BCUT2D eigenvalue weighted by atomic mass is 35.5. The number of hydrogen-bond donors (Lipinski definition) is 3. The zero-order valence-corrected chi connectivity index (χ0v) is 39.4. The molecule has 67 heavy (non-hydrogen) atoms. The first-order chi connectivity index (χ1) is 32.7. The van der Waals surface area contributed by atoms with E-state index in [-0.39, 0.29) is 29.8 Å². The molecule has 4 N–H and O–H groups in total. The molecule has 0 spiro atoms. The summed E-state index contributed by atoms with van der Waals surface area (Å²) in [5.41, 5.74) is 9.73. The molecule has 11 nitrogen and oxygen atoms in total. The van der Waals surface area contributed by atoms with Crippen molar-refractivity contribution in [2.45, 2.75) is 50.6 Å². The first-order valence-electron chi connectivity index (χ1n) is 23.1. The van der Waals surface area contributed by atoms with Crippen LogP contribution >= 0.6 is 23.2 Å². The normalized spacial score (nSPS) is 15.4. The molecule has 4 heterocycles. The average Bonchev–Trinajstić information content (AvgIpc) is 3.38. The minimum Gasteiger partial charge on any atom is -0.494 e. The summed E-state index contributed by atoms with van der Waals surface area (Å²) >= 11 is 11.9. The molecule has 2 unspecified atom stereocenters. The number of carboxylic acid groups (broad SMARTS) is 1. The smallest absolute Gasteiger partial charge is 0.306 e. The number of carbonyl (C=O) groups excluding carboxylic acids is 1. The Morgan fingerprint density at radius 1 is 0.597 bits per heavy atom. The standard InChI is InChI=1S/C27H30ClN3O2.C15H21NO3.C12H11ClN2/c28-23-12-10-21(11-13-23)26(25-9-4-5-16-29-25)30-27(32)22-14-18-31(19-15-22)17-6-20-33-24-7-2-1-3-8-24;17-15(18)13-7-10-16(11-8-13)9-4-12-19-14-5-2-1-3-6-14;13-10-6-4-9(5-7-10)12(14)11-3-1-2-8-15-11/h1-5,7-13,16,22,26H,6,14-15,17-20H2,(H,30,32);1-3,5-6,13H,4,7-12H2,(H,17,18);1-8,12H,14H2. The van der Waals surface area contributed by atoms with Gasteiger partial charge >= 0.3 is 5.97 Å². The molecule has 2 aliphatic rings. The number of carboxylic acids is 1. The summed E-state index contributed by atoms with van der Waals surface area (Å²) in [5.74, 6) is 1.14. The second-order valence-corrected chi connectivity index (χ2v) is 17.5. The first-order valence-corrected chi connectivity index (χ1v) is 23.9. The maximum absolute atomic E-state index is 13.1. The number of piperidine rings is 2. The highest BCUT2D eigenvalue weighted by Crippen LogP contribution is 2.26. The second kappa shape index (κ2) is 27.7. The predicted molar refractivity (Wildman–Crippen MR) is 266 cm³/mol. The molecule has 0 saturated carbocycles. The van der Waals surface area contributed by atoms with Gasteiger partial charge in [0.1, 0.15) is 11.5 Å². The minimum atomic E-state index is -0.646. The summed E-state index contributed by atoms with van der Waals surface area (Å²) in [4.78, 5) is 37.4. The third-order valence-electron chi connectivity index (χ3n) is 11.9. The number of likely N-dealkylation sites (tertiary alicyclic amines) is 2. The van der Waals surface area contributed by atoms with Gasteiger partial charge in [-0.15, -0.1) is 0 Å². The maximum Gasteiger partial charge on any atom is 0.306 e. The van der Waals surface area contributed by atoms with Crippen LogP contribution in [-0.2, 0) is 9.59 Å². The van der Waals surface area contributed by atoms with Crippen molar-refractivity contribution in [1.29, 1.82) is 0 Å². The predicted octanol–water partition coefficient (Wildman–Crippen LogP) is 10.2. The van der Waals surface area contributed by atoms with Gasteiger partial charge in [-0.2, -0.15) is 0 Å². The molecule has 2 fully saturated rings. The van der Waals surface area contributed by atoms with Gasteiger partial charge in [0.15, 0.2) is 0 Å². The van der Waals surface area contributed by atoms with Crippen molar-refractivity contribution in [1.82, 2.24) is 25.1 Å². The summed E-state index contributed by atoms with van der Waals surface area (Å²) in [6, 6.07) is 45.8. The Kier molecular flexibility index (Phi) is 20.9. The molecule has 1 amide bonds. The molecule has 2 aromatic heterocycles. The van der Waals surface area contributed by atoms with Crippen LogP contribution in [0.2, 0.25) is 10.0 Å². The van der Waals surface area contributed by atoms with E-state index in [9.17, 15) is 9.59 Å². The molecule has 352 valence electrons. The number of ether oxygens (including phenoxy) is 2. The summed E-state index contributed by atoms with van der Waals surface area (Å²) in [7, 11) is 0. The van der Waals surface area contributed by atoms with E-state index in [0.717, 1.165) is 112 Å². The van der Waals surface area contributed by atoms with Gasteiger partial charge in [0, 0.05) is 41.4 Å². The monoisotopic (exact) mass is 944 g/mol. The first kappa shape index (κ1) is 50.6. The number of aromatic nitrogens is 2. The van der Waals surface area contributed by atoms with E-state index in [4.69, 9.17) is 43.5 Å². The third kappa shape index (κ3) is 17.4. The van der Waals surface area contributed by atoms with Crippen LogP contribution in [-0.4, -0.2) is 89.2 Å². The zero-order valence-electron chi connectivity index (χ0n) is 37.9. The van der Waals surface area contributed by atoms with E-state index in [1.165, 1.54) is 0 Å². The van der Waals surface area contributed by atoms with Crippen LogP contribution in [0.3, 0.4) is 0 Å². The Hall–Kier alpha value is -5.82. The number of carbonyl (C=O) groups is 2. The lowest BCUT2D eigenvalue weighted by molar-refractivity contribution is -0.143. The number of rotatable bonds is 17. The zero-order chi connectivity index (χ0) is 47.1. The van der Waals surface area contributed by atoms with Crippen LogP contribution in [0.1, 0.15) is 73.1 Å². The fraction of sp³-hybridized carbons (Fsp3) is 0.333. The molecule has 2 saturated heterocycles. The lowest BCUT2D eigenvalue weighted by Gasteiger charge is -2.32. The second-order valence-electron chi connectivity index (χ2n) is 16.6. The van der Waals surface area contributed by atoms with Gasteiger partial charge in [0.05, 0.1) is 42.6 Å². The third-order valence-corrected chi connectivity index (χ3v) is 12.4. The van der Waals surface area contributed by atoms with Gasteiger partial charge in [0.25, 0.3) is 0 Å². The SMILES string of the molecule is NC(c1ccc(Cl)cc1)c1ccccn1.O=C(NC(c1ccc(Cl)cc1)c1ccccn1)C1CCN(CCCOc2ccccc2)CC1.O=C(O)C1CCN(CCCOc2ccccc2)CC1. The van der Waals surface area contributed by atoms with E-state index < -0.39 is 5.97 Å². The maximum atomic E-state index is 13.1. The van der Waals surface area contributed by atoms with Crippen molar-refractivity contribution in [3.05, 3.63) is 191 Å². The van der Waals surface area contributed by atoms with Crippen LogP contribution in [0, 0.1) is 11.8 Å². The average molecular weight is 946 g/mol. The number of para-hydroxylation sites is 2. The van der Waals surface area contributed by atoms with Crippen molar-refractivity contribution < 1.29 is 24.2 Å². The van der Waals surface area contributed by atoms with E-state index in [1.807, 2.05) is 146 Å². The van der Waals surface area contributed by atoms with Crippen LogP contribution in [0.5, 0.6) is 11.5 Å². The molecule has 2 aliphatic heterocycles. The molecule has 4 aromatic carbocycles. The van der Waals surface area contributed by atoms with Crippen LogP contribution in [0.4, 0.5) is 0 Å². The Labute approximate surface area is 405 Å². The van der Waals surface area contributed by atoms with Gasteiger partial charge < -0.3 is 35.4 Å². The molecular weight excluding hydrogens is 884 g/mol. The fourth-order valence-electron chi connectivity index (χ4n) is 8.00. The Morgan fingerprint density at radius 2 is 1.03 bits per heavy atom. The Bertz CT molecular complexity index is 2300. The number of hydrogen-bond acceptors (Lipinski definition) is 9. The van der Waals surface area contributed by atoms with Crippen LogP contribution < -0.4 is 20.5 Å². The molecule has 0 radical (unpaired) electrons. The largest absolute Gasteiger partial charge is 0.494 e. The van der Waals surface area contributed by atoms with E-state index in [1.54, 1.807) is 12.4 Å². The molecule has 6 aromatic rings. The fourth-order valence-corrected chi connectivity index (χ4v) is 8.25. The van der Waals surface area contributed by atoms with Gasteiger partial charge in [-0.1, -0.05) is 96.0 Å². The highest BCUT2D eigenvalue weighted by Gasteiger charge is 2.28. The van der Waals surface area contributed by atoms with Crippen LogP contribution in [0.15, 0.2) is 158 Å². The van der Waals surface area contributed by atoms with Gasteiger partial charge in [-0.3, -0.25) is 19.6 Å². The molecule has 0 aliphatic carbocycles. The number of benzene rings is 4. The van der Waals surface area contributed by atoms with E-state index in [0.29, 0.717) is 23.3 Å².